The highest BCUT2D eigenvalue weighted by atomic mass is 16.7. The molecule has 0 saturated carbocycles. The minimum absolute atomic E-state index is 0.226. The molecule has 4 atom stereocenters. The summed E-state index contributed by atoms with van der Waals surface area (Å²) in [5.41, 5.74) is 2.81. The maximum atomic E-state index is 11.7. The summed E-state index contributed by atoms with van der Waals surface area (Å²) in [7, 11) is 4.75. The zero-order chi connectivity index (χ0) is 29.0. The number of ether oxygens (including phenoxy) is 8. The second-order valence-electron chi connectivity index (χ2n) is 9.32. The van der Waals surface area contributed by atoms with Crippen LogP contribution in [0.3, 0.4) is 0 Å². The predicted octanol–water partition coefficient (Wildman–Crippen LogP) is 5.17. The number of hydrogen-bond acceptors (Lipinski definition) is 9. The largest absolute Gasteiger partial charge is 0.497 e. The van der Waals surface area contributed by atoms with Crippen LogP contribution in [0.25, 0.3) is 0 Å². The molecule has 0 aromatic heterocycles. The molecule has 9 nitrogen and oxygen atoms in total. The monoisotopic (exact) mass is 564 g/mol. The van der Waals surface area contributed by atoms with Gasteiger partial charge in [-0.05, 0) is 41.0 Å². The van der Waals surface area contributed by atoms with Crippen molar-refractivity contribution in [3.63, 3.8) is 0 Å². The van der Waals surface area contributed by atoms with E-state index in [-0.39, 0.29) is 25.6 Å². The average Bonchev–Trinajstić information content (AvgIpc) is 3.01. The van der Waals surface area contributed by atoms with Gasteiger partial charge in [0, 0.05) is 14.0 Å². The minimum atomic E-state index is -0.864. The summed E-state index contributed by atoms with van der Waals surface area (Å²) in [5, 5.41) is 0. The van der Waals surface area contributed by atoms with Crippen molar-refractivity contribution >= 4 is 5.97 Å². The highest BCUT2D eigenvalue weighted by Crippen LogP contribution is 2.33. The number of benzene rings is 3. The van der Waals surface area contributed by atoms with Gasteiger partial charge in [0.2, 0.25) is 6.29 Å². The van der Waals surface area contributed by atoms with E-state index in [1.165, 1.54) is 20.3 Å². The van der Waals surface area contributed by atoms with Gasteiger partial charge in [-0.3, -0.25) is 4.79 Å². The Morgan fingerprint density at radius 1 is 0.707 bits per heavy atom. The van der Waals surface area contributed by atoms with Gasteiger partial charge in [-0.2, -0.15) is 0 Å². The van der Waals surface area contributed by atoms with Crippen LogP contribution in [0, 0.1) is 0 Å². The molecule has 1 aliphatic rings. The fraction of sp³-hybridized carbons (Fsp3) is 0.344. The highest BCUT2D eigenvalue weighted by molar-refractivity contribution is 5.66. The lowest BCUT2D eigenvalue weighted by Gasteiger charge is -2.42. The van der Waals surface area contributed by atoms with E-state index >= 15 is 0 Å². The van der Waals surface area contributed by atoms with Crippen LogP contribution in [-0.2, 0) is 53.0 Å². The van der Waals surface area contributed by atoms with Crippen LogP contribution in [0.15, 0.2) is 90.9 Å². The van der Waals surface area contributed by atoms with Crippen LogP contribution in [0.1, 0.15) is 23.6 Å². The molecule has 1 fully saturated rings. The van der Waals surface area contributed by atoms with Crippen molar-refractivity contribution in [3.05, 3.63) is 108 Å². The third-order valence-electron chi connectivity index (χ3n) is 6.47. The summed E-state index contributed by atoms with van der Waals surface area (Å²) < 4.78 is 46.8. The fourth-order valence-corrected chi connectivity index (χ4v) is 4.30. The summed E-state index contributed by atoms with van der Waals surface area (Å²) >= 11 is 0. The van der Waals surface area contributed by atoms with Crippen molar-refractivity contribution in [2.45, 2.75) is 51.3 Å². The number of esters is 1. The lowest BCUT2D eigenvalue weighted by Crippen LogP contribution is -2.55. The van der Waals surface area contributed by atoms with E-state index in [4.69, 9.17) is 37.9 Å². The third kappa shape index (κ3) is 8.55. The molecule has 0 bridgehead atoms. The molecule has 0 unspecified atom stereocenters. The quantitative estimate of drug-likeness (QED) is 0.206. The van der Waals surface area contributed by atoms with Crippen LogP contribution < -0.4 is 9.47 Å². The first-order chi connectivity index (χ1) is 20.0. The Labute approximate surface area is 240 Å². The summed E-state index contributed by atoms with van der Waals surface area (Å²) in [5.74, 6) is 1.25. The van der Waals surface area contributed by atoms with Crippen molar-refractivity contribution in [3.8, 4) is 11.5 Å². The molecule has 1 aliphatic heterocycles. The van der Waals surface area contributed by atoms with Crippen LogP contribution in [0.4, 0.5) is 0 Å². The number of carbonyl (C=O) groups excluding carboxylic acids is 1. The zero-order valence-corrected chi connectivity index (χ0v) is 23.7. The summed E-state index contributed by atoms with van der Waals surface area (Å²) in [6.45, 7) is 2.08. The van der Waals surface area contributed by atoms with Crippen molar-refractivity contribution in [2.24, 2.45) is 0 Å². The molecule has 0 radical (unpaired) electrons. The molecule has 0 amide bonds. The van der Waals surface area contributed by atoms with Crippen molar-refractivity contribution in [2.75, 3.05) is 21.3 Å². The summed E-state index contributed by atoms with van der Waals surface area (Å²) in [6.07, 6.45) is -1.79. The standard InChI is InChI=1S/C32H36O9/c1-22(33)37-21-28-29(38-19-24-10-14-26(34-2)15-11-24)30(39-18-23-8-6-5-7-9-23)31(32(36-4)41-28)40-20-25-12-16-27(35-3)17-13-25/h5-17,21,29-32H,18-20H2,1-4H3/b28-21+/t29-,30+,31-,32+/m1/s1. The average molecular weight is 565 g/mol. The Morgan fingerprint density at radius 3 is 1.73 bits per heavy atom. The van der Waals surface area contributed by atoms with E-state index in [0.717, 1.165) is 28.2 Å². The molecule has 1 heterocycles. The van der Waals surface area contributed by atoms with Gasteiger partial charge in [-0.25, -0.2) is 0 Å². The van der Waals surface area contributed by atoms with Gasteiger partial charge >= 0.3 is 5.97 Å². The van der Waals surface area contributed by atoms with Crippen molar-refractivity contribution in [1.82, 2.24) is 0 Å². The maximum Gasteiger partial charge on any atom is 0.307 e. The van der Waals surface area contributed by atoms with Gasteiger partial charge < -0.3 is 37.9 Å². The second-order valence-corrected chi connectivity index (χ2v) is 9.32. The SMILES string of the molecule is COc1ccc(CO[C@H]2[C@@H](OC)O/C(=C/OC(C)=O)[C@@H](OCc3ccc(OC)cc3)[C@@H]2OCc2ccccc2)cc1. The van der Waals surface area contributed by atoms with E-state index in [1.807, 2.05) is 78.9 Å². The zero-order valence-electron chi connectivity index (χ0n) is 23.7. The molecule has 218 valence electrons. The van der Waals surface area contributed by atoms with Crippen molar-refractivity contribution in [1.29, 1.82) is 0 Å². The Balaban J connectivity index is 1.62. The molecule has 0 N–H and O–H groups in total. The van der Waals surface area contributed by atoms with Gasteiger partial charge in [0.05, 0.1) is 34.0 Å². The summed E-state index contributed by atoms with van der Waals surface area (Å²) in [4.78, 5) is 11.7. The molecule has 3 aromatic carbocycles. The molecular weight excluding hydrogens is 528 g/mol. The summed E-state index contributed by atoms with van der Waals surface area (Å²) in [6, 6.07) is 24.9. The molecule has 4 rings (SSSR count). The lowest BCUT2D eigenvalue weighted by atomic mass is 10.0. The van der Waals surface area contributed by atoms with Crippen molar-refractivity contribution < 1.29 is 42.7 Å². The van der Waals surface area contributed by atoms with Gasteiger partial charge in [-0.1, -0.05) is 54.6 Å². The topological polar surface area (TPSA) is 90.9 Å². The predicted molar refractivity (Wildman–Crippen MR) is 150 cm³/mol. The maximum absolute atomic E-state index is 11.7. The van der Waals surface area contributed by atoms with Gasteiger partial charge in [-0.15, -0.1) is 0 Å². The van der Waals surface area contributed by atoms with Gasteiger partial charge in [0.25, 0.3) is 0 Å². The Hall–Kier alpha value is -3.89. The molecule has 3 aromatic rings. The van der Waals surface area contributed by atoms with E-state index in [2.05, 4.69) is 0 Å². The first-order valence-electron chi connectivity index (χ1n) is 13.2. The van der Waals surface area contributed by atoms with Crippen LogP contribution >= 0.6 is 0 Å². The Morgan fingerprint density at radius 2 is 1.22 bits per heavy atom. The van der Waals surface area contributed by atoms with Crippen LogP contribution in [0.2, 0.25) is 0 Å². The molecule has 0 spiro atoms. The molecule has 1 saturated heterocycles. The normalized spacial score (nSPS) is 21.2. The third-order valence-corrected chi connectivity index (χ3v) is 6.47. The molecular formula is C32H36O9. The van der Waals surface area contributed by atoms with Crippen LogP contribution in [0.5, 0.6) is 11.5 Å². The van der Waals surface area contributed by atoms with Gasteiger partial charge in [0.1, 0.15) is 36.1 Å². The van der Waals surface area contributed by atoms with Gasteiger partial charge in [0.15, 0.2) is 5.76 Å². The second kappa shape index (κ2) is 15.2. The van der Waals surface area contributed by atoms with E-state index in [9.17, 15) is 4.79 Å². The first-order valence-corrected chi connectivity index (χ1v) is 13.2. The Bertz CT molecular complexity index is 1240. The minimum Gasteiger partial charge on any atom is -0.497 e. The molecule has 0 aliphatic carbocycles. The number of methoxy groups -OCH3 is 3. The fourth-order valence-electron chi connectivity index (χ4n) is 4.30. The van der Waals surface area contributed by atoms with E-state index < -0.39 is 30.6 Å². The Kier molecular flexibility index (Phi) is 11.2. The number of hydrogen-bond donors (Lipinski definition) is 0. The number of carbonyl (C=O) groups is 1. The molecule has 41 heavy (non-hydrogen) atoms. The smallest absolute Gasteiger partial charge is 0.307 e. The number of rotatable bonds is 13. The van der Waals surface area contributed by atoms with Crippen LogP contribution in [-0.4, -0.2) is 51.9 Å². The lowest BCUT2D eigenvalue weighted by molar-refractivity contribution is -0.271. The first kappa shape index (κ1) is 30.1. The highest BCUT2D eigenvalue weighted by Gasteiger charge is 2.47. The molecule has 9 heteroatoms. The van der Waals surface area contributed by atoms with E-state index in [0.29, 0.717) is 0 Å². The van der Waals surface area contributed by atoms with E-state index in [1.54, 1.807) is 14.2 Å².